The molecule has 3 heterocycles. The molecule has 8 heteroatoms. The lowest BCUT2D eigenvalue weighted by molar-refractivity contribution is 0.0270. The second-order valence-corrected chi connectivity index (χ2v) is 10.5. The maximum absolute atomic E-state index is 12.4. The van der Waals surface area contributed by atoms with Gasteiger partial charge in [-0.05, 0) is 62.6 Å². The molecule has 0 saturated carbocycles. The highest BCUT2D eigenvalue weighted by Gasteiger charge is 2.24. The zero-order valence-corrected chi connectivity index (χ0v) is 21.7. The smallest absolute Gasteiger partial charge is 0.410 e. The van der Waals surface area contributed by atoms with Crippen LogP contribution in [0.2, 0.25) is 5.02 Å². The molecule has 0 atom stereocenters. The minimum Gasteiger partial charge on any atom is -0.464 e. The predicted octanol–water partition coefficient (Wildman–Crippen LogP) is 6.89. The van der Waals surface area contributed by atoms with Crippen LogP contribution in [-0.2, 0) is 11.3 Å². The number of ether oxygens (including phenoxy) is 1. The zero-order chi connectivity index (χ0) is 26.2. The van der Waals surface area contributed by atoms with Crippen LogP contribution < -0.4 is 0 Å². The van der Waals surface area contributed by atoms with E-state index in [9.17, 15) is 10.1 Å². The molecule has 0 N–H and O–H groups in total. The van der Waals surface area contributed by atoms with Gasteiger partial charge in [-0.1, -0.05) is 35.9 Å². The lowest BCUT2D eigenvalue weighted by Crippen LogP contribution is -2.39. The summed E-state index contributed by atoms with van der Waals surface area (Å²) in [6.07, 6.45) is 6.03. The summed E-state index contributed by atoms with van der Waals surface area (Å²) in [5, 5.41) is 15.9. The Balaban J connectivity index is 1.37. The first-order chi connectivity index (χ1) is 17.7. The molecule has 37 heavy (non-hydrogen) atoms. The maximum Gasteiger partial charge on any atom is 0.410 e. The molecule has 0 aliphatic carbocycles. The van der Waals surface area contributed by atoms with Crippen molar-refractivity contribution in [2.24, 2.45) is 0 Å². The molecule has 7 nitrogen and oxygen atoms in total. The third-order valence-electron chi connectivity index (χ3n) is 6.22. The Kier molecular flexibility index (Phi) is 6.53. The molecule has 5 rings (SSSR count). The van der Waals surface area contributed by atoms with Crippen LogP contribution in [0, 0.1) is 11.3 Å². The van der Waals surface area contributed by atoms with Gasteiger partial charge in [-0.25, -0.2) is 4.79 Å². The fourth-order valence-electron chi connectivity index (χ4n) is 4.41. The Morgan fingerprint density at radius 1 is 1.19 bits per heavy atom. The molecular formula is C29H27ClN4O3. The number of furan rings is 1. The van der Waals surface area contributed by atoms with Gasteiger partial charge in [0.2, 0.25) is 0 Å². The van der Waals surface area contributed by atoms with E-state index in [1.807, 2.05) is 45.0 Å². The van der Waals surface area contributed by atoms with Crippen LogP contribution in [0.3, 0.4) is 0 Å². The van der Waals surface area contributed by atoms with Crippen LogP contribution in [-0.4, -0.2) is 39.5 Å². The number of aromatic nitrogens is 2. The van der Waals surface area contributed by atoms with Gasteiger partial charge in [-0.3, -0.25) is 4.68 Å². The van der Waals surface area contributed by atoms with Gasteiger partial charge in [0.25, 0.3) is 0 Å². The van der Waals surface area contributed by atoms with E-state index < -0.39 is 5.60 Å². The summed E-state index contributed by atoms with van der Waals surface area (Å²) in [5.41, 5.74) is 5.48. The van der Waals surface area contributed by atoms with Crippen molar-refractivity contribution in [2.75, 3.05) is 13.1 Å². The van der Waals surface area contributed by atoms with Gasteiger partial charge in [0.15, 0.2) is 0 Å². The van der Waals surface area contributed by atoms with Crippen LogP contribution in [0.5, 0.6) is 0 Å². The van der Waals surface area contributed by atoms with Gasteiger partial charge in [-0.15, -0.1) is 0 Å². The number of nitriles is 1. The summed E-state index contributed by atoms with van der Waals surface area (Å²) in [6.45, 7) is 7.20. The zero-order valence-electron chi connectivity index (χ0n) is 21.0. The maximum atomic E-state index is 12.4. The quantitative estimate of drug-likeness (QED) is 0.296. The molecule has 0 fully saturated rings. The van der Waals surface area contributed by atoms with Gasteiger partial charge >= 0.3 is 6.09 Å². The molecule has 1 aliphatic heterocycles. The number of hydrogen-bond acceptors (Lipinski definition) is 5. The van der Waals surface area contributed by atoms with Crippen molar-refractivity contribution in [3.8, 4) is 17.3 Å². The number of rotatable bonds is 4. The Morgan fingerprint density at radius 2 is 1.95 bits per heavy atom. The average Bonchev–Trinajstić information content (AvgIpc) is 3.47. The van der Waals surface area contributed by atoms with E-state index in [0.717, 1.165) is 34.1 Å². The minimum absolute atomic E-state index is 0.288. The van der Waals surface area contributed by atoms with Gasteiger partial charge < -0.3 is 14.1 Å². The van der Waals surface area contributed by atoms with Crippen molar-refractivity contribution in [1.82, 2.24) is 14.7 Å². The number of nitrogens with zero attached hydrogens (tertiary/aromatic N) is 4. The Hall–Kier alpha value is -4.02. The number of amides is 1. The van der Waals surface area contributed by atoms with E-state index in [-0.39, 0.29) is 6.09 Å². The monoisotopic (exact) mass is 514 g/mol. The van der Waals surface area contributed by atoms with E-state index in [2.05, 4.69) is 23.3 Å². The molecular weight excluding hydrogens is 488 g/mol. The standard InChI is InChI=1S/C29H27ClN4O3/c1-29(2,3)37-28(35)33-12-10-19(11-13-33)21-6-9-26-25(14-21)23(18-36-26)17-34-16-22(15-31)27(32-34)20-4-7-24(30)8-5-20/h4-10,14,16,18H,11-13,17H2,1-3H3. The van der Waals surface area contributed by atoms with Crippen LogP contribution in [0.15, 0.2) is 65.4 Å². The third kappa shape index (κ3) is 5.40. The molecule has 4 aromatic rings. The predicted molar refractivity (Wildman–Crippen MR) is 143 cm³/mol. The van der Waals surface area contributed by atoms with Crippen LogP contribution >= 0.6 is 11.6 Å². The molecule has 2 aromatic carbocycles. The molecule has 0 bridgehead atoms. The first-order valence-electron chi connectivity index (χ1n) is 12.1. The van der Waals surface area contributed by atoms with Crippen LogP contribution in [0.4, 0.5) is 4.79 Å². The summed E-state index contributed by atoms with van der Waals surface area (Å²) in [6, 6.07) is 15.7. The van der Waals surface area contributed by atoms with Crippen molar-refractivity contribution in [1.29, 1.82) is 5.26 Å². The Bertz CT molecular complexity index is 1530. The molecule has 188 valence electrons. The highest BCUT2D eigenvalue weighted by Crippen LogP contribution is 2.30. The topological polar surface area (TPSA) is 84.3 Å². The number of hydrogen-bond donors (Lipinski definition) is 0. The molecule has 0 radical (unpaired) electrons. The molecule has 0 unspecified atom stereocenters. The third-order valence-corrected chi connectivity index (χ3v) is 6.47. The molecule has 0 spiro atoms. The van der Waals surface area contributed by atoms with E-state index in [1.165, 1.54) is 5.57 Å². The number of carbonyl (C=O) groups excluding carboxylic acids is 1. The lowest BCUT2D eigenvalue weighted by Gasteiger charge is -2.29. The second-order valence-electron chi connectivity index (χ2n) is 10.1. The van der Waals surface area contributed by atoms with E-state index in [4.69, 9.17) is 20.8 Å². The number of carbonyl (C=O) groups is 1. The summed E-state index contributed by atoms with van der Waals surface area (Å²) in [5.74, 6) is 0. The van der Waals surface area contributed by atoms with Gasteiger partial charge in [0.05, 0.1) is 18.4 Å². The van der Waals surface area contributed by atoms with E-state index >= 15 is 0 Å². The summed E-state index contributed by atoms with van der Waals surface area (Å²) in [7, 11) is 0. The number of fused-ring (bicyclic) bond motifs is 1. The highest BCUT2D eigenvalue weighted by molar-refractivity contribution is 6.30. The summed E-state index contributed by atoms with van der Waals surface area (Å²) in [4.78, 5) is 14.1. The molecule has 1 aliphatic rings. The lowest BCUT2D eigenvalue weighted by atomic mass is 9.97. The normalized spacial score (nSPS) is 13.9. The van der Waals surface area contributed by atoms with Crippen molar-refractivity contribution in [3.63, 3.8) is 0 Å². The molecule has 0 saturated heterocycles. The Labute approximate surface area is 220 Å². The highest BCUT2D eigenvalue weighted by atomic mass is 35.5. The number of benzene rings is 2. The van der Waals surface area contributed by atoms with Crippen LogP contribution in [0.25, 0.3) is 27.8 Å². The first kappa shape index (κ1) is 24.7. The van der Waals surface area contributed by atoms with Crippen molar-refractivity contribution < 1.29 is 13.9 Å². The van der Waals surface area contributed by atoms with E-state index in [1.54, 1.807) is 34.2 Å². The summed E-state index contributed by atoms with van der Waals surface area (Å²) >= 11 is 6.01. The number of halogens is 1. The van der Waals surface area contributed by atoms with Gasteiger partial charge in [0, 0.05) is 40.8 Å². The van der Waals surface area contributed by atoms with Crippen molar-refractivity contribution in [2.45, 2.75) is 39.3 Å². The fraction of sp³-hybridized carbons (Fsp3) is 0.276. The first-order valence-corrected chi connectivity index (χ1v) is 12.5. The van der Waals surface area contributed by atoms with Crippen LogP contribution in [0.1, 0.15) is 43.9 Å². The molecule has 2 aromatic heterocycles. The second kappa shape index (κ2) is 9.79. The minimum atomic E-state index is -0.512. The SMILES string of the molecule is CC(C)(C)OC(=O)N1CC=C(c2ccc3occ(Cn4cc(C#N)c(-c5ccc(Cl)cc5)n4)c3c2)CC1. The average molecular weight is 515 g/mol. The summed E-state index contributed by atoms with van der Waals surface area (Å²) < 4.78 is 13.1. The van der Waals surface area contributed by atoms with Crippen molar-refractivity contribution in [3.05, 3.63) is 82.7 Å². The Morgan fingerprint density at radius 3 is 2.62 bits per heavy atom. The largest absolute Gasteiger partial charge is 0.464 e. The van der Waals surface area contributed by atoms with E-state index in [0.29, 0.717) is 35.9 Å². The molecule has 1 amide bonds. The van der Waals surface area contributed by atoms with Gasteiger partial charge in [-0.2, -0.15) is 10.4 Å². The van der Waals surface area contributed by atoms with Gasteiger partial charge in [0.1, 0.15) is 22.9 Å². The van der Waals surface area contributed by atoms with Crippen molar-refractivity contribution >= 4 is 34.2 Å². The fourth-order valence-corrected chi connectivity index (χ4v) is 4.53.